The normalized spacial score (nSPS) is 19.5. The van der Waals surface area contributed by atoms with Gasteiger partial charge in [-0.15, -0.1) is 0 Å². The van der Waals surface area contributed by atoms with E-state index in [0.717, 1.165) is 43.0 Å². The first-order valence-electron chi connectivity index (χ1n) is 7.85. The van der Waals surface area contributed by atoms with Gasteiger partial charge in [0.05, 0.1) is 0 Å². The Morgan fingerprint density at radius 3 is 1.87 bits per heavy atom. The molecule has 0 amide bonds. The number of ether oxygens (including phenoxy) is 3. The molecule has 7 heteroatoms. The zero-order valence-corrected chi connectivity index (χ0v) is 17.3. The predicted octanol–water partition coefficient (Wildman–Crippen LogP) is 3.75. The summed E-state index contributed by atoms with van der Waals surface area (Å²) in [5.74, 6) is 0. The average Bonchev–Trinajstić information content (AvgIpc) is 3.26. The fraction of sp³-hybridized carbons (Fsp3) is 0.750. The minimum atomic E-state index is -0.0463. The van der Waals surface area contributed by atoms with E-state index in [1.807, 2.05) is 12.1 Å². The number of nitrogens with zero attached hydrogens (tertiary/aromatic N) is 1. The van der Waals surface area contributed by atoms with Crippen LogP contribution in [-0.4, -0.2) is 48.6 Å². The van der Waals surface area contributed by atoms with Crippen molar-refractivity contribution in [2.24, 2.45) is 5.73 Å². The topological polar surface area (TPSA) is 58.6 Å². The predicted molar refractivity (Wildman–Crippen MR) is 102 cm³/mol. The molecule has 1 saturated heterocycles. The number of hydrogen-bond acceptors (Lipinski definition) is 4. The van der Waals surface area contributed by atoms with Crippen LogP contribution in [0.5, 0.6) is 0 Å². The Kier molecular flexibility index (Phi) is 17.0. The Labute approximate surface area is 157 Å². The molecule has 2 N–H and O–H groups in total. The molecule has 2 heterocycles. The molecule has 0 aromatic carbocycles. The minimum absolute atomic E-state index is 0.0463. The van der Waals surface area contributed by atoms with Gasteiger partial charge in [-0.3, -0.25) is 0 Å². The Morgan fingerprint density at radius 2 is 1.57 bits per heavy atom. The number of alkyl halides is 2. The van der Waals surface area contributed by atoms with Gasteiger partial charge < -0.3 is 24.5 Å². The quantitative estimate of drug-likeness (QED) is 0.633. The van der Waals surface area contributed by atoms with Gasteiger partial charge >= 0.3 is 0 Å². The van der Waals surface area contributed by atoms with E-state index in [0.29, 0.717) is 0 Å². The van der Waals surface area contributed by atoms with Crippen LogP contribution in [0.1, 0.15) is 25.7 Å². The second-order valence-electron chi connectivity index (χ2n) is 4.84. The standard InChI is InChI=1S/C7H10BrN.C6H12O3.C3H8BrN/c8-4-3-7-9-5-1-2-6-9;1-7-5-3-4-6(8-2)9-5;4-2-1-3-5/h1-2,5-6H,3-4,7H2;5-6H,3-4H2,1-2H3;1-3,5H2. The smallest absolute Gasteiger partial charge is 0.160 e. The number of aromatic nitrogens is 1. The van der Waals surface area contributed by atoms with Gasteiger partial charge in [0, 0.05) is 56.7 Å². The zero-order valence-electron chi connectivity index (χ0n) is 14.1. The van der Waals surface area contributed by atoms with Gasteiger partial charge in [-0.2, -0.15) is 0 Å². The summed E-state index contributed by atoms with van der Waals surface area (Å²) in [6, 6.07) is 4.10. The van der Waals surface area contributed by atoms with Crippen LogP contribution in [0.15, 0.2) is 24.5 Å². The molecule has 0 radical (unpaired) electrons. The van der Waals surface area contributed by atoms with Crippen molar-refractivity contribution in [3.8, 4) is 0 Å². The van der Waals surface area contributed by atoms with E-state index in [2.05, 4.69) is 48.8 Å². The van der Waals surface area contributed by atoms with E-state index < -0.39 is 0 Å². The van der Waals surface area contributed by atoms with E-state index >= 15 is 0 Å². The number of nitrogens with two attached hydrogens (primary N) is 1. The number of methoxy groups -OCH3 is 2. The molecular formula is C16H30Br2N2O3. The Hall–Kier alpha value is 0.0800. The lowest BCUT2D eigenvalue weighted by Gasteiger charge is -2.09. The van der Waals surface area contributed by atoms with Gasteiger partial charge in [0.25, 0.3) is 0 Å². The van der Waals surface area contributed by atoms with Crippen LogP contribution in [0, 0.1) is 0 Å². The summed E-state index contributed by atoms with van der Waals surface area (Å²) in [6.45, 7) is 1.92. The molecule has 1 aromatic rings. The van der Waals surface area contributed by atoms with Crippen LogP contribution < -0.4 is 5.73 Å². The third-order valence-electron chi connectivity index (χ3n) is 3.02. The fourth-order valence-electron chi connectivity index (χ4n) is 1.76. The lowest BCUT2D eigenvalue weighted by Crippen LogP contribution is -2.13. The second kappa shape index (κ2) is 16.9. The van der Waals surface area contributed by atoms with Crippen molar-refractivity contribution >= 4 is 31.9 Å². The third-order valence-corrected chi connectivity index (χ3v) is 4.14. The van der Waals surface area contributed by atoms with E-state index in [-0.39, 0.29) is 12.6 Å². The monoisotopic (exact) mass is 456 g/mol. The van der Waals surface area contributed by atoms with Gasteiger partial charge in [0.1, 0.15) is 0 Å². The van der Waals surface area contributed by atoms with Gasteiger partial charge in [0.15, 0.2) is 12.6 Å². The highest BCUT2D eigenvalue weighted by atomic mass is 79.9. The van der Waals surface area contributed by atoms with Crippen molar-refractivity contribution in [1.82, 2.24) is 4.57 Å². The maximum absolute atomic E-state index is 5.22. The molecule has 0 spiro atoms. The average molecular weight is 458 g/mol. The molecule has 0 saturated carbocycles. The van der Waals surface area contributed by atoms with Crippen LogP contribution in [-0.2, 0) is 20.8 Å². The summed E-state index contributed by atoms with van der Waals surface area (Å²) in [4.78, 5) is 0. The minimum Gasteiger partial charge on any atom is -0.356 e. The lowest BCUT2D eigenvalue weighted by molar-refractivity contribution is -0.185. The molecule has 2 unspecified atom stereocenters. The van der Waals surface area contributed by atoms with E-state index in [9.17, 15) is 0 Å². The van der Waals surface area contributed by atoms with Crippen molar-refractivity contribution in [3.63, 3.8) is 0 Å². The Bertz CT molecular complexity index is 328. The first-order chi connectivity index (χ1) is 11.2. The molecule has 136 valence electrons. The molecule has 0 bridgehead atoms. The largest absolute Gasteiger partial charge is 0.356 e. The molecule has 2 rings (SSSR count). The van der Waals surface area contributed by atoms with E-state index in [1.54, 1.807) is 14.2 Å². The van der Waals surface area contributed by atoms with Crippen LogP contribution in [0.4, 0.5) is 0 Å². The Balaban J connectivity index is 0.000000332. The molecule has 0 aliphatic carbocycles. The van der Waals surface area contributed by atoms with Gasteiger partial charge in [-0.25, -0.2) is 0 Å². The summed E-state index contributed by atoms with van der Waals surface area (Å²) >= 11 is 6.61. The summed E-state index contributed by atoms with van der Waals surface area (Å²) in [7, 11) is 3.28. The fourth-order valence-corrected chi connectivity index (χ4v) is 2.34. The molecule has 1 aliphatic rings. The van der Waals surface area contributed by atoms with Crippen molar-refractivity contribution in [2.45, 2.75) is 44.8 Å². The molecule has 23 heavy (non-hydrogen) atoms. The molecule has 1 fully saturated rings. The molecule has 2 atom stereocenters. The van der Waals surface area contributed by atoms with E-state index in [1.165, 1.54) is 6.42 Å². The van der Waals surface area contributed by atoms with Gasteiger partial charge in [0.2, 0.25) is 0 Å². The van der Waals surface area contributed by atoms with E-state index in [4.69, 9.17) is 19.9 Å². The zero-order chi connectivity index (χ0) is 17.3. The highest BCUT2D eigenvalue weighted by Gasteiger charge is 2.23. The Morgan fingerprint density at radius 1 is 1.04 bits per heavy atom. The number of aryl methyl sites for hydroxylation is 1. The van der Waals surface area contributed by atoms with Gasteiger partial charge in [-0.05, 0) is 31.5 Å². The van der Waals surface area contributed by atoms with Crippen molar-refractivity contribution < 1.29 is 14.2 Å². The van der Waals surface area contributed by atoms with Crippen LogP contribution in [0.25, 0.3) is 0 Å². The third kappa shape index (κ3) is 13.1. The lowest BCUT2D eigenvalue weighted by atomic mass is 10.3. The van der Waals surface area contributed by atoms with Crippen molar-refractivity contribution in [3.05, 3.63) is 24.5 Å². The number of rotatable bonds is 7. The summed E-state index contributed by atoms with van der Waals surface area (Å²) in [5, 5.41) is 2.12. The summed E-state index contributed by atoms with van der Waals surface area (Å²) in [6.07, 6.45) is 8.24. The summed E-state index contributed by atoms with van der Waals surface area (Å²) in [5.41, 5.74) is 5.11. The highest BCUT2D eigenvalue weighted by Crippen LogP contribution is 2.19. The molecule has 1 aromatic heterocycles. The first kappa shape index (κ1) is 23.1. The second-order valence-corrected chi connectivity index (χ2v) is 6.42. The number of hydrogen-bond donors (Lipinski definition) is 1. The molecular weight excluding hydrogens is 428 g/mol. The number of halogens is 2. The first-order valence-corrected chi connectivity index (χ1v) is 10.1. The van der Waals surface area contributed by atoms with Crippen LogP contribution >= 0.6 is 31.9 Å². The highest BCUT2D eigenvalue weighted by molar-refractivity contribution is 9.09. The summed E-state index contributed by atoms with van der Waals surface area (Å²) < 4.78 is 17.3. The maximum atomic E-state index is 5.22. The maximum Gasteiger partial charge on any atom is 0.160 e. The van der Waals surface area contributed by atoms with Gasteiger partial charge in [-0.1, -0.05) is 31.9 Å². The van der Waals surface area contributed by atoms with Crippen molar-refractivity contribution in [2.75, 3.05) is 31.4 Å². The van der Waals surface area contributed by atoms with Crippen LogP contribution in [0.3, 0.4) is 0 Å². The van der Waals surface area contributed by atoms with Crippen molar-refractivity contribution in [1.29, 1.82) is 0 Å². The van der Waals surface area contributed by atoms with Crippen LogP contribution in [0.2, 0.25) is 0 Å². The SMILES string of the molecule is BrCCCn1cccc1.COC1CCC(OC)O1.NCCCBr. The molecule has 5 nitrogen and oxygen atoms in total. The molecule has 1 aliphatic heterocycles.